The standard InChI is InChI=1S/C14H16Cl2FN/c1-5-8(2)13(15)14(16)18-12-7-11(17)9(3)6-10(12)4/h6-7H,5H2,1-4H3. The van der Waals surface area contributed by atoms with Crippen molar-refractivity contribution in [2.24, 2.45) is 4.99 Å². The Morgan fingerprint density at radius 1 is 1.22 bits per heavy atom. The molecule has 1 nitrogen and oxygen atoms in total. The highest BCUT2D eigenvalue weighted by Crippen LogP contribution is 2.26. The highest BCUT2D eigenvalue weighted by molar-refractivity contribution is 6.76. The molecule has 0 radical (unpaired) electrons. The number of aliphatic imine (C=N–C) groups is 1. The van der Waals surface area contributed by atoms with E-state index in [1.54, 1.807) is 13.0 Å². The number of hydrogen-bond donors (Lipinski definition) is 0. The Morgan fingerprint density at radius 3 is 2.39 bits per heavy atom. The molecule has 0 saturated carbocycles. The van der Waals surface area contributed by atoms with Gasteiger partial charge in [-0.05, 0) is 38.3 Å². The summed E-state index contributed by atoms with van der Waals surface area (Å²) in [7, 11) is 0. The van der Waals surface area contributed by atoms with Crippen LogP contribution >= 0.6 is 23.2 Å². The minimum atomic E-state index is -0.295. The van der Waals surface area contributed by atoms with Crippen LogP contribution in [0.4, 0.5) is 10.1 Å². The van der Waals surface area contributed by atoms with Crippen molar-refractivity contribution in [1.29, 1.82) is 0 Å². The normalized spacial score (nSPS) is 13.6. The van der Waals surface area contributed by atoms with E-state index in [1.807, 2.05) is 20.8 Å². The fourth-order valence-corrected chi connectivity index (χ4v) is 1.85. The molecule has 0 aliphatic heterocycles. The largest absolute Gasteiger partial charge is 0.235 e. The quantitative estimate of drug-likeness (QED) is 0.639. The van der Waals surface area contributed by atoms with Crippen LogP contribution in [0.25, 0.3) is 0 Å². The minimum absolute atomic E-state index is 0.197. The second-order valence-electron chi connectivity index (χ2n) is 4.24. The lowest BCUT2D eigenvalue weighted by atomic mass is 10.1. The van der Waals surface area contributed by atoms with Gasteiger partial charge in [0.2, 0.25) is 0 Å². The molecule has 0 atom stereocenters. The molecule has 0 saturated heterocycles. The van der Waals surface area contributed by atoms with E-state index in [9.17, 15) is 4.39 Å². The van der Waals surface area contributed by atoms with E-state index >= 15 is 0 Å². The number of allylic oxidation sites excluding steroid dienone is 2. The summed E-state index contributed by atoms with van der Waals surface area (Å²) in [5.41, 5.74) is 2.92. The summed E-state index contributed by atoms with van der Waals surface area (Å²) in [4.78, 5) is 4.18. The zero-order valence-electron chi connectivity index (χ0n) is 10.9. The fraction of sp³-hybridized carbons (Fsp3) is 0.357. The predicted octanol–water partition coefficient (Wildman–Crippen LogP) is 5.63. The Labute approximate surface area is 117 Å². The molecule has 0 unspecified atom stereocenters. The van der Waals surface area contributed by atoms with Crippen molar-refractivity contribution in [3.05, 3.63) is 39.7 Å². The Bertz CT molecular complexity index is 519. The van der Waals surface area contributed by atoms with Gasteiger partial charge in [-0.1, -0.05) is 41.8 Å². The molecule has 0 fully saturated rings. The van der Waals surface area contributed by atoms with Crippen LogP contribution in [0.1, 0.15) is 31.4 Å². The van der Waals surface area contributed by atoms with Gasteiger partial charge in [0, 0.05) is 6.07 Å². The Balaban J connectivity index is 3.22. The summed E-state index contributed by atoms with van der Waals surface area (Å²) >= 11 is 12.1. The SMILES string of the molecule is CCC(C)=C(Cl)C(Cl)=Nc1cc(F)c(C)cc1C. The molecule has 98 valence electrons. The van der Waals surface area contributed by atoms with E-state index in [1.165, 1.54) is 6.07 Å². The molecule has 1 aromatic rings. The molecule has 4 heteroatoms. The van der Waals surface area contributed by atoms with E-state index in [-0.39, 0.29) is 11.0 Å². The van der Waals surface area contributed by atoms with Crippen LogP contribution in [0.5, 0.6) is 0 Å². The zero-order valence-corrected chi connectivity index (χ0v) is 12.5. The molecule has 0 aliphatic carbocycles. The highest BCUT2D eigenvalue weighted by Gasteiger charge is 2.08. The van der Waals surface area contributed by atoms with E-state index in [0.29, 0.717) is 16.3 Å². The molecule has 18 heavy (non-hydrogen) atoms. The van der Waals surface area contributed by atoms with Crippen LogP contribution in [0.2, 0.25) is 0 Å². The molecular weight excluding hydrogens is 272 g/mol. The zero-order chi connectivity index (χ0) is 13.9. The molecule has 0 aliphatic rings. The second kappa shape index (κ2) is 6.35. The molecule has 1 rings (SSSR count). The Kier molecular flexibility index (Phi) is 5.36. The monoisotopic (exact) mass is 287 g/mol. The van der Waals surface area contributed by atoms with Crippen molar-refractivity contribution in [2.75, 3.05) is 0 Å². The summed E-state index contributed by atoms with van der Waals surface area (Å²) < 4.78 is 13.5. The molecule has 0 amide bonds. The lowest BCUT2D eigenvalue weighted by Gasteiger charge is -2.05. The number of nitrogens with zero attached hydrogens (tertiary/aromatic N) is 1. The molecule has 0 spiro atoms. The first kappa shape index (κ1) is 15.2. The van der Waals surface area contributed by atoms with Gasteiger partial charge in [0.15, 0.2) is 0 Å². The molecule has 1 aromatic carbocycles. The first-order valence-corrected chi connectivity index (χ1v) is 6.49. The third-order valence-electron chi connectivity index (χ3n) is 2.78. The van der Waals surface area contributed by atoms with Crippen LogP contribution in [0.3, 0.4) is 0 Å². The molecule has 0 heterocycles. The van der Waals surface area contributed by atoms with Crippen LogP contribution < -0.4 is 0 Å². The van der Waals surface area contributed by atoms with Crippen molar-refractivity contribution in [3.63, 3.8) is 0 Å². The third kappa shape index (κ3) is 3.56. The van der Waals surface area contributed by atoms with Gasteiger partial charge in [0.1, 0.15) is 11.0 Å². The Morgan fingerprint density at radius 2 is 1.83 bits per heavy atom. The number of halogens is 3. The summed E-state index contributed by atoms with van der Waals surface area (Å²) in [6.07, 6.45) is 0.797. The van der Waals surface area contributed by atoms with Crippen LogP contribution in [0.15, 0.2) is 27.7 Å². The number of benzene rings is 1. The van der Waals surface area contributed by atoms with Crippen molar-refractivity contribution in [3.8, 4) is 0 Å². The van der Waals surface area contributed by atoms with Gasteiger partial charge in [-0.2, -0.15) is 0 Å². The van der Waals surface area contributed by atoms with Crippen LogP contribution in [-0.2, 0) is 0 Å². The van der Waals surface area contributed by atoms with E-state index in [4.69, 9.17) is 23.2 Å². The van der Waals surface area contributed by atoms with Gasteiger partial charge in [-0.25, -0.2) is 9.38 Å². The second-order valence-corrected chi connectivity index (χ2v) is 4.97. The average molecular weight is 288 g/mol. The smallest absolute Gasteiger partial charge is 0.148 e. The van der Waals surface area contributed by atoms with E-state index in [0.717, 1.165) is 17.6 Å². The number of hydrogen-bond acceptors (Lipinski definition) is 1. The maximum absolute atomic E-state index is 13.5. The lowest BCUT2D eigenvalue weighted by molar-refractivity contribution is 0.618. The first-order valence-electron chi connectivity index (χ1n) is 5.73. The summed E-state index contributed by atoms with van der Waals surface area (Å²) in [6.45, 7) is 7.45. The lowest BCUT2D eigenvalue weighted by Crippen LogP contribution is -1.92. The van der Waals surface area contributed by atoms with Crippen LogP contribution in [0, 0.1) is 19.7 Å². The van der Waals surface area contributed by atoms with E-state index < -0.39 is 0 Å². The molecule has 0 N–H and O–H groups in total. The molecule has 0 aromatic heterocycles. The summed E-state index contributed by atoms with van der Waals surface area (Å²) in [5.74, 6) is -0.295. The first-order chi connectivity index (χ1) is 8.36. The van der Waals surface area contributed by atoms with E-state index in [2.05, 4.69) is 4.99 Å². The number of rotatable bonds is 3. The minimum Gasteiger partial charge on any atom is -0.235 e. The maximum Gasteiger partial charge on any atom is 0.148 e. The van der Waals surface area contributed by atoms with Crippen molar-refractivity contribution in [2.45, 2.75) is 34.1 Å². The topological polar surface area (TPSA) is 12.4 Å². The summed E-state index contributed by atoms with van der Waals surface area (Å²) in [6, 6.07) is 3.11. The number of aryl methyl sites for hydroxylation is 2. The molecular formula is C14H16Cl2FN. The predicted molar refractivity (Wildman–Crippen MR) is 77.7 cm³/mol. The third-order valence-corrected chi connectivity index (χ3v) is 3.65. The van der Waals surface area contributed by atoms with Gasteiger partial charge in [0.25, 0.3) is 0 Å². The highest BCUT2D eigenvalue weighted by atomic mass is 35.5. The van der Waals surface area contributed by atoms with Gasteiger partial charge in [0.05, 0.1) is 10.7 Å². The van der Waals surface area contributed by atoms with Crippen molar-refractivity contribution >= 4 is 34.1 Å². The van der Waals surface area contributed by atoms with Gasteiger partial charge < -0.3 is 0 Å². The average Bonchev–Trinajstić information content (AvgIpc) is 2.33. The van der Waals surface area contributed by atoms with Crippen molar-refractivity contribution < 1.29 is 4.39 Å². The fourth-order valence-electron chi connectivity index (χ4n) is 1.42. The van der Waals surface area contributed by atoms with Gasteiger partial charge in [-0.3, -0.25) is 0 Å². The summed E-state index contributed by atoms with van der Waals surface area (Å²) in [5, 5.41) is 0.627. The molecule has 0 bridgehead atoms. The van der Waals surface area contributed by atoms with Crippen molar-refractivity contribution in [1.82, 2.24) is 0 Å². The Hall–Kier alpha value is -0.860. The van der Waals surface area contributed by atoms with Crippen LogP contribution in [-0.4, -0.2) is 5.17 Å². The van der Waals surface area contributed by atoms with Gasteiger partial charge in [-0.15, -0.1) is 0 Å². The maximum atomic E-state index is 13.5. The van der Waals surface area contributed by atoms with Gasteiger partial charge >= 0.3 is 0 Å².